The van der Waals surface area contributed by atoms with Crippen LogP contribution in [0.5, 0.6) is 0 Å². The molecule has 0 aromatic heterocycles. The van der Waals surface area contributed by atoms with Crippen molar-refractivity contribution in [1.29, 1.82) is 0 Å². The van der Waals surface area contributed by atoms with Gasteiger partial charge in [0.2, 0.25) is 5.91 Å². The molecule has 0 atom stereocenters. The van der Waals surface area contributed by atoms with Gasteiger partial charge in [0.1, 0.15) is 0 Å². The first-order chi connectivity index (χ1) is 9.69. The summed E-state index contributed by atoms with van der Waals surface area (Å²) < 4.78 is 5.37. The number of carbonyl (C=O) groups is 1. The highest BCUT2D eigenvalue weighted by molar-refractivity contribution is 9.09. The zero-order chi connectivity index (χ0) is 14.0. The van der Waals surface area contributed by atoms with Crippen LogP contribution in [0.4, 0.5) is 0 Å². The van der Waals surface area contributed by atoms with E-state index in [1.54, 1.807) is 0 Å². The topological polar surface area (TPSA) is 38.3 Å². The molecule has 4 saturated carbocycles. The molecule has 4 aliphatic rings. The largest absolute Gasteiger partial charge is 0.379 e. The van der Waals surface area contributed by atoms with Gasteiger partial charge in [0, 0.05) is 18.3 Å². The second kappa shape index (κ2) is 6.35. The van der Waals surface area contributed by atoms with E-state index in [-0.39, 0.29) is 5.91 Å². The Balaban J connectivity index is 1.44. The molecular formula is C16H26BrNO2. The van der Waals surface area contributed by atoms with E-state index in [0.29, 0.717) is 25.2 Å². The molecule has 0 aromatic carbocycles. The summed E-state index contributed by atoms with van der Waals surface area (Å²) in [6, 6.07) is 0. The van der Waals surface area contributed by atoms with Crippen molar-refractivity contribution in [3.63, 3.8) is 0 Å². The Bertz CT molecular complexity index is 323. The van der Waals surface area contributed by atoms with Crippen LogP contribution in [0.15, 0.2) is 0 Å². The van der Waals surface area contributed by atoms with E-state index in [2.05, 4.69) is 21.2 Å². The maximum Gasteiger partial charge on any atom is 0.220 e. The Morgan fingerprint density at radius 2 is 1.70 bits per heavy atom. The van der Waals surface area contributed by atoms with Gasteiger partial charge in [-0.15, -0.1) is 0 Å². The predicted molar refractivity (Wildman–Crippen MR) is 82.8 cm³/mol. The highest BCUT2D eigenvalue weighted by Gasteiger charge is 2.51. The minimum atomic E-state index is 0.245. The maximum atomic E-state index is 12.2. The van der Waals surface area contributed by atoms with E-state index in [4.69, 9.17) is 4.74 Å². The smallest absolute Gasteiger partial charge is 0.220 e. The summed E-state index contributed by atoms with van der Waals surface area (Å²) in [5.41, 5.74) is 0.357. The number of hydrogen-bond donors (Lipinski definition) is 1. The second-order valence-corrected chi connectivity index (χ2v) is 8.04. The van der Waals surface area contributed by atoms with Crippen LogP contribution in [0.25, 0.3) is 0 Å². The van der Waals surface area contributed by atoms with Crippen LogP contribution in [0.1, 0.15) is 44.9 Å². The molecule has 0 saturated heterocycles. The molecule has 20 heavy (non-hydrogen) atoms. The number of carbonyl (C=O) groups excluding carboxylic acids is 1. The highest BCUT2D eigenvalue weighted by atomic mass is 79.9. The number of amides is 1. The SMILES string of the molecule is O=C(CC12CC3CC(CC(C3)C1)C2)NCCOCCBr. The summed E-state index contributed by atoms with van der Waals surface area (Å²) in [5.74, 6) is 3.03. The van der Waals surface area contributed by atoms with Gasteiger partial charge in [0.25, 0.3) is 0 Å². The molecule has 0 aromatic rings. The zero-order valence-electron chi connectivity index (χ0n) is 12.2. The fourth-order valence-corrected chi connectivity index (χ4v) is 5.56. The molecule has 0 aliphatic heterocycles. The molecule has 4 fully saturated rings. The standard InChI is InChI=1S/C16H26BrNO2/c17-1-3-20-4-2-18-15(19)11-16-8-12-5-13(9-16)7-14(6-12)10-16/h12-14H,1-11H2,(H,18,19). The quantitative estimate of drug-likeness (QED) is 0.569. The monoisotopic (exact) mass is 343 g/mol. The number of rotatable bonds is 7. The molecule has 0 heterocycles. The Labute approximate surface area is 130 Å². The summed E-state index contributed by atoms with van der Waals surface area (Å²) in [5, 5.41) is 3.89. The number of alkyl halides is 1. The van der Waals surface area contributed by atoms with Crippen LogP contribution in [0.2, 0.25) is 0 Å². The first-order valence-electron chi connectivity index (χ1n) is 8.09. The summed E-state index contributed by atoms with van der Waals surface area (Å²) in [6.07, 6.45) is 9.03. The molecule has 4 bridgehead atoms. The lowest BCUT2D eigenvalue weighted by molar-refractivity contribution is -0.129. The van der Waals surface area contributed by atoms with Gasteiger partial charge in [-0.25, -0.2) is 0 Å². The Morgan fingerprint density at radius 3 is 2.25 bits per heavy atom. The first kappa shape index (κ1) is 14.8. The van der Waals surface area contributed by atoms with E-state index in [9.17, 15) is 4.79 Å². The average Bonchev–Trinajstić information content (AvgIpc) is 2.36. The minimum absolute atomic E-state index is 0.245. The third-order valence-electron chi connectivity index (χ3n) is 5.49. The summed E-state index contributed by atoms with van der Waals surface area (Å²) in [7, 11) is 0. The van der Waals surface area contributed by atoms with Crippen LogP contribution < -0.4 is 5.32 Å². The zero-order valence-corrected chi connectivity index (χ0v) is 13.8. The Morgan fingerprint density at radius 1 is 1.10 bits per heavy atom. The van der Waals surface area contributed by atoms with Crippen LogP contribution in [-0.2, 0) is 9.53 Å². The summed E-state index contributed by atoms with van der Waals surface area (Å²) in [4.78, 5) is 12.2. The fraction of sp³-hybridized carbons (Fsp3) is 0.938. The van der Waals surface area contributed by atoms with E-state index in [1.807, 2.05) is 0 Å². The summed E-state index contributed by atoms with van der Waals surface area (Å²) in [6.45, 7) is 1.99. The molecule has 4 rings (SSSR count). The van der Waals surface area contributed by atoms with Gasteiger partial charge in [0.05, 0.1) is 13.2 Å². The van der Waals surface area contributed by atoms with Gasteiger partial charge in [-0.2, -0.15) is 0 Å². The molecular weight excluding hydrogens is 318 g/mol. The van der Waals surface area contributed by atoms with E-state index in [1.165, 1.54) is 38.5 Å². The number of halogens is 1. The Hall–Kier alpha value is -0.0900. The van der Waals surface area contributed by atoms with Crippen LogP contribution >= 0.6 is 15.9 Å². The minimum Gasteiger partial charge on any atom is -0.379 e. The second-order valence-electron chi connectivity index (χ2n) is 7.25. The summed E-state index contributed by atoms with van der Waals surface area (Å²) >= 11 is 3.32. The van der Waals surface area contributed by atoms with Gasteiger partial charge in [0.15, 0.2) is 0 Å². The van der Waals surface area contributed by atoms with Crippen molar-refractivity contribution < 1.29 is 9.53 Å². The third kappa shape index (κ3) is 3.38. The van der Waals surface area contributed by atoms with Gasteiger partial charge >= 0.3 is 0 Å². The molecule has 0 radical (unpaired) electrons. The van der Waals surface area contributed by atoms with Crippen molar-refractivity contribution in [3.05, 3.63) is 0 Å². The molecule has 3 nitrogen and oxygen atoms in total. The molecule has 114 valence electrons. The Kier molecular flexibility index (Phi) is 4.71. The lowest BCUT2D eigenvalue weighted by atomic mass is 9.49. The fourth-order valence-electron chi connectivity index (χ4n) is 5.33. The van der Waals surface area contributed by atoms with Gasteiger partial charge in [-0.3, -0.25) is 4.79 Å². The van der Waals surface area contributed by atoms with Crippen LogP contribution in [-0.4, -0.2) is 31.0 Å². The van der Waals surface area contributed by atoms with Gasteiger partial charge in [-0.1, -0.05) is 15.9 Å². The van der Waals surface area contributed by atoms with Gasteiger partial charge in [-0.05, 0) is 61.7 Å². The first-order valence-corrected chi connectivity index (χ1v) is 9.22. The molecule has 4 aliphatic carbocycles. The highest BCUT2D eigenvalue weighted by Crippen LogP contribution is 2.61. The lowest BCUT2D eigenvalue weighted by Gasteiger charge is -2.56. The van der Waals surface area contributed by atoms with E-state index >= 15 is 0 Å². The van der Waals surface area contributed by atoms with Crippen LogP contribution in [0, 0.1) is 23.2 Å². The predicted octanol–water partition coefficient (Wildman–Crippen LogP) is 3.12. The van der Waals surface area contributed by atoms with Gasteiger partial charge < -0.3 is 10.1 Å². The van der Waals surface area contributed by atoms with Crippen molar-refractivity contribution in [2.45, 2.75) is 44.9 Å². The molecule has 0 unspecified atom stereocenters. The molecule has 4 heteroatoms. The third-order valence-corrected chi connectivity index (χ3v) is 5.81. The van der Waals surface area contributed by atoms with E-state index < -0.39 is 0 Å². The van der Waals surface area contributed by atoms with Crippen molar-refractivity contribution in [1.82, 2.24) is 5.32 Å². The molecule has 1 N–H and O–H groups in total. The van der Waals surface area contributed by atoms with Crippen molar-refractivity contribution >= 4 is 21.8 Å². The molecule has 1 amide bonds. The number of ether oxygens (including phenoxy) is 1. The normalized spacial score (nSPS) is 38.1. The van der Waals surface area contributed by atoms with Crippen molar-refractivity contribution in [2.75, 3.05) is 25.1 Å². The maximum absolute atomic E-state index is 12.2. The number of hydrogen-bond acceptors (Lipinski definition) is 2. The lowest BCUT2D eigenvalue weighted by Crippen LogP contribution is -2.48. The van der Waals surface area contributed by atoms with Crippen molar-refractivity contribution in [3.8, 4) is 0 Å². The van der Waals surface area contributed by atoms with Crippen LogP contribution in [0.3, 0.4) is 0 Å². The average molecular weight is 344 g/mol. The van der Waals surface area contributed by atoms with Crippen molar-refractivity contribution in [2.24, 2.45) is 23.2 Å². The molecule has 0 spiro atoms. The van der Waals surface area contributed by atoms with E-state index in [0.717, 1.165) is 29.5 Å². The number of nitrogens with one attached hydrogen (secondary N) is 1.